The van der Waals surface area contributed by atoms with Crippen molar-refractivity contribution in [1.82, 2.24) is 0 Å². The minimum absolute atomic E-state index is 0.00898. The van der Waals surface area contributed by atoms with Gasteiger partial charge in [0.25, 0.3) is 0 Å². The Hall–Kier alpha value is -0.410. The third-order valence-corrected chi connectivity index (χ3v) is 11.1. The maximum absolute atomic E-state index is 13.3. The quantitative estimate of drug-likeness (QED) is 0.568. The van der Waals surface area contributed by atoms with Gasteiger partial charge in [-0.15, -0.1) is 0 Å². The van der Waals surface area contributed by atoms with E-state index in [9.17, 15) is 15.0 Å². The van der Waals surface area contributed by atoms with Gasteiger partial charge in [0.05, 0.1) is 13.6 Å². The lowest BCUT2D eigenvalue weighted by molar-refractivity contribution is -0.160. The first-order chi connectivity index (χ1) is 15.7. The normalized spacial score (nSPS) is 51.4. The molecule has 4 fully saturated rings. The van der Waals surface area contributed by atoms with E-state index in [1.165, 1.54) is 0 Å². The molecule has 0 radical (unpaired) electrons. The number of ketones is 1. The van der Waals surface area contributed by atoms with Crippen LogP contribution in [0.3, 0.4) is 0 Å². The Kier molecular flexibility index (Phi) is 5.43. The molecule has 4 saturated carbocycles. The van der Waals surface area contributed by atoms with Crippen molar-refractivity contribution in [2.45, 2.75) is 111 Å². The molecule has 0 aromatic heterocycles. The van der Waals surface area contributed by atoms with E-state index in [-0.39, 0.29) is 46.5 Å². The predicted molar refractivity (Wildman–Crippen MR) is 125 cm³/mol. The van der Waals surface area contributed by atoms with Gasteiger partial charge in [0.15, 0.2) is 0 Å². The van der Waals surface area contributed by atoms with Crippen LogP contribution in [0.4, 0.5) is 0 Å². The Bertz CT molecular complexity index is 772. The number of carbonyl (C=O) groups is 1. The molecule has 3 nitrogen and oxygen atoms in total. The van der Waals surface area contributed by atoms with E-state index >= 15 is 0 Å². The van der Waals surface area contributed by atoms with Crippen molar-refractivity contribution in [1.29, 1.82) is 0 Å². The van der Waals surface area contributed by atoms with Gasteiger partial charge in [-0.05, 0) is 104 Å². The highest BCUT2D eigenvalue weighted by molar-refractivity contribution is 5.83. The molecular formula is C28H48O3. The summed E-state index contributed by atoms with van der Waals surface area (Å²) in [6.07, 6.45) is 5.73. The van der Waals surface area contributed by atoms with E-state index in [0.29, 0.717) is 42.8 Å². The Balaban J connectivity index is 1.53. The fourth-order valence-corrected chi connectivity index (χ4v) is 8.82. The van der Waals surface area contributed by atoms with Crippen LogP contribution in [0.2, 0.25) is 0 Å². The van der Waals surface area contributed by atoms with Gasteiger partial charge >= 0.3 is 0 Å². The van der Waals surface area contributed by atoms with E-state index in [1.54, 1.807) is 0 Å². The zero-order valence-electron chi connectivity index (χ0n) is 23.4. The Labute approximate surface area is 195 Å². The highest BCUT2D eigenvalue weighted by Gasteiger charge is 2.62. The molecular weight excluding hydrogens is 384 g/mol. The van der Waals surface area contributed by atoms with Gasteiger partial charge in [-0.2, -0.15) is 0 Å². The first-order valence-corrected chi connectivity index (χ1v) is 13.0. The molecule has 2 N–H and O–H groups in total. The van der Waals surface area contributed by atoms with E-state index in [0.717, 1.165) is 38.5 Å². The van der Waals surface area contributed by atoms with Gasteiger partial charge in [0.1, 0.15) is 5.78 Å². The third kappa shape index (κ3) is 3.84. The second-order valence-electron chi connectivity index (χ2n) is 12.6. The molecule has 1 unspecified atom stereocenters. The number of aliphatic hydroxyl groups excluding tert-OH is 1. The highest BCUT2D eigenvalue weighted by Crippen LogP contribution is 2.67. The highest BCUT2D eigenvalue weighted by atomic mass is 16.3. The summed E-state index contributed by atoms with van der Waals surface area (Å²) in [5.74, 6) is 1.60. The molecule has 0 aliphatic heterocycles. The van der Waals surface area contributed by atoms with E-state index in [2.05, 4.69) is 13.8 Å². The van der Waals surface area contributed by atoms with E-state index in [1.807, 2.05) is 20.8 Å². The van der Waals surface area contributed by atoms with Crippen LogP contribution in [-0.4, -0.2) is 28.2 Å². The summed E-state index contributed by atoms with van der Waals surface area (Å²) in [4.78, 5) is 13.3. The van der Waals surface area contributed by atoms with E-state index < -0.39 is 13.0 Å². The molecule has 0 bridgehead atoms. The summed E-state index contributed by atoms with van der Waals surface area (Å²) in [6.45, 7) is 9.63. The van der Waals surface area contributed by atoms with Gasteiger partial charge in [-0.1, -0.05) is 41.5 Å². The fraction of sp³-hybridized carbons (Fsp3) is 0.964. The molecule has 0 aromatic carbocycles. The second kappa shape index (κ2) is 8.42. The smallest absolute Gasteiger partial charge is 0.136 e. The number of aliphatic hydroxyl groups is 2. The van der Waals surface area contributed by atoms with Crippen LogP contribution in [0.5, 0.6) is 0 Å². The lowest BCUT2D eigenvalue weighted by atomic mass is 9.44. The van der Waals surface area contributed by atoms with Crippen molar-refractivity contribution in [3.8, 4) is 0 Å². The molecule has 31 heavy (non-hydrogen) atoms. The van der Waals surface area contributed by atoms with Crippen molar-refractivity contribution < 1.29 is 19.1 Å². The fourth-order valence-electron chi connectivity index (χ4n) is 8.82. The molecule has 3 heteroatoms. The van der Waals surface area contributed by atoms with E-state index in [4.69, 9.17) is 4.11 Å². The molecule has 4 aliphatic carbocycles. The van der Waals surface area contributed by atoms with Gasteiger partial charge in [-0.3, -0.25) is 4.79 Å². The molecule has 4 rings (SSSR count). The SMILES string of the molecule is [2H]C([2H])C(C)[C@H](C)C[C@]([2H])(O)[C@@H](C)[C@H]1CC[C@H]2[C@@H]3CC(=O)[C@H]4C[C@@H](O)CC[C@]4(C)[C@H]3CC[C@]12C. The first kappa shape index (κ1) is 20.0. The van der Waals surface area contributed by atoms with Crippen LogP contribution < -0.4 is 0 Å². The monoisotopic (exact) mass is 435 g/mol. The standard InChI is InChI=1S/C28H48O3/c1-16(2)17(3)13-25(30)18(4)21-7-8-22-20-15-26(31)24-14-19(29)9-11-28(24,6)23(20)10-12-27(21,22)5/h16-25,29-30H,7-15H2,1-6H3/t17-,18+,19+,20+,21-,22+,23+,24-,25+,27-,28-/m1/s1/i1D2,25D/t16?,17-,18+,19+,20+,21-,22+,23+,24-,25+,27-,28-. The number of rotatable bonds is 5. The van der Waals surface area contributed by atoms with Crippen molar-refractivity contribution in [2.24, 2.45) is 58.2 Å². The topological polar surface area (TPSA) is 57.5 Å². The van der Waals surface area contributed by atoms with Crippen LogP contribution in [0.15, 0.2) is 0 Å². The van der Waals surface area contributed by atoms with Crippen LogP contribution in [-0.2, 0) is 4.79 Å². The molecule has 12 atom stereocenters. The maximum Gasteiger partial charge on any atom is 0.136 e. The number of hydrogen-bond acceptors (Lipinski definition) is 3. The maximum atomic E-state index is 13.3. The second-order valence-corrected chi connectivity index (χ2v) is 12.6. The van der Waals surface area contributed by atoms with Crippen LogP contribution >= 0.6 is 0 Å². The average molecular weight is 436 g/mol. The van der Waals surface area contributed by atoms with Crippen molar-refractivity contribution in [3.63, 3.8) is 0 Å². The number of fused-ring (bicyclic) bond motifs is 5. The van der Waals surface area contributed by atoms with Crippen molar-refractivity contribution in [3.05, 3.63) is 0 Å². The minimum atomic E-state index is -1.57. The Morgan fingerprint density at radius 3 is 2.48 bits per heavy atom. The van der Waals surface area contributed by atoms with Gasteiger partial charge in [-0.25, -0.2) is 0 Å². The zero-order valence-corrected chi connectivity index (χ0v) is 20.4. The molecule has 0 spiro atoms. The Morgan fingerprint density at radius 1 is 1.10 bits per heavy atom. The molecule has 0 saturated heterocycles. The summed E-state index contributed by atoms with van der Waals surface area (Å²) < 4.78 is 24.3. The third-order valence-electron chi connectivity index (χ3n) is 11.1. The summed E-state index contributed by atoms with van der Waals surface area (Å²) in [6, 6.07) is 0. The van der Waals surface area contributed by atoms with Gasteiger partial charge in [0.2, 0.25) is 0 Å². The average Bonchev–Trinajstić information content (AvgIpc) is 3.10. The summed E-state index contributed by atoms with van der Waals surface area (Å²) >= 11 is 0. The van der Waals surface area contributed by atoms with Gasteiger partial charge in [0, 0.05) is 15.1 Å². The minimum Gasteiger partial charge on any atom is -0.393 e. The summed E-state index contributed by atoms with van der Waals surface area (Å²) in [5.41, 5.74) is 0.0462. The predicted octanol–water partition coefficient (Wildman–Crippen LogP) is 5.86. The van der Waals surface area contributed by atoms with Crippen LogP contribution in [0, 0.1) is 58.2 Å². The first-order valence-electron chi connectivity index (χ1n) is 14.7. The largest absolute Gasteiger partial charge is 0.393 e. The van der Waals surface area contributed by atoms with Crippen LogP contribution in [0.1, 0.15) is 103 Å². The molecule has 0 aromatic rings. The zero-order chi connectivity index (χ0) is 25.2. The van der Waals surface area contributed by atoms with Gasteiger partial charge < -0.3 is 10.2 Å². The lowest BCUT2D eigenvalue weighted by Gasteiger charge is -2.60. The number of Topliss-reactive ketones (excluding diaryl/α,β-unsaturated/α-hetero) is 1. The lowest BCUT2D eigenvalue weighted by Crippen LogP contribution is -2.57. The molecule has 4 aliphatic rings. The van der Waals surface area contributed by atoms with Crippen LogP contribution in [0.25, 0.3) is 0 Å². The van der Waals surface area contributed by atoms with Crippen molar-refractivity contribution >= 4 is 5.78 Å². The summed E-state index contributed by atoms with van der Waals surface area (Å²) in [5, 5.41) is 21.6. The summed E-state index contributed by atoms with van der Waals surface area (Å²) in [7, 11) is 0. The molecule has 0 amide bonds. The molecule has 178 valence electrons. The van der Waals surface area contributed by atoms with Crippen molar-refractivity contribution in [2.75, 3.05) is 0 Å². The molecule has 0 heterocycles. The Morgan fingerprint density at radius 2 is 1.77 bits per heavy atom. The number of carbonyl (C=O) groups excluding carboxylic acids is 1. The number of hydrogen-bond donors (Lipinski definition) is 2.